The highest BCUT2D eigenvalue weighted by Gasteiger charge is 2.28. The van der Waals surface area contributed by atoms with Crippen molar-refractivity contribution in [1.29, 1.82) is 0 Å². The van der Waals surface area contributed by atoms with Gasteiger partial charge in [-0.25, -0.2) is 4.79 Å². The number of carbonyl (C=O) groups is 2. The van der Waals surface area contributed by atoms with Gasteiger partial charge < -0.3 is 10.1 Å². The van der Waals surface area contributed by atoms with E-state index in [1.807, 2.05) is 24.3 Å². The van der Waals surface area contributed by atoms with Gasteiger partial charge in [0.05, 0.1) is 11.6 Å². The Morgan fingerprint density at radius 1 is 1.03 bits per heavy atom. The summed E-state index contributed by atoms with van der Waals surface area (Å²) < 4.78 is 5.46. The Morgan fingerprint density at radius 3 is 2.37 bits per heavy atom. The van der Waals surface area contributed by atoms with Crippen molar-refractivity contribution in [3.8, 4) is 23.0 Å². The second-order valence-corrected chi connectivity index (χ2v) is 7.25. The first-order valence-corrected chi connectivity index (χ1v) is 9.87. The zero-order chi connectivity index (χ0) is 20.9. The Hall–Kier alpha value is -3.55. The van der Waals surface area contributed by atoms with Crippen LogP contribution in [-0.2, 0) is 4.74 Å². The number of benzene rings is 3. The Balaban J connectivity index is 1.36. The van der Waals surface area contributed by atoms with Gasteiger partial charge in [0, 0.05) is 17.0 Å². The van der Waals surface area contributed by atoms with E-state index in [1.54, 1.807) is 18.2 Å². The van der Waals surface area contributed by atoms with Crippen molar-refractivity contribution in [3.63, 3.8) is 0 Å². The lowest BCUT2D eigenvalue weighted by atomic mass is 9.98. The number of alkyl carbamates (subject to hydrolysis) is 1. The fraction of sp³-hybridized carbons (Fsp3) is 0.120. The van der Waals surface area contributed by atoms with Crippen molar-refractivity contribution in [2.75, 3.05) is 13.2 Å². The monoisotopic (exact) mass is 415 g/mol. The van der Waals surface area contributed by atoms with Gasteiger partial charge in [0.25, 0.3) is 0 Å². The Bertz CT molecular complexity index is 1130. The van der Waals surface area contributed by atoms with E-state index < -0.39 is 6.09 Å². The molecule has 0 heterocycles. The summed E-state index contributed by atoms with van der Waals surface area (Å²) in [6.45, 7) is 0.360. The maximum Gasteiger partial charge on any atom is 0.407 e. The summed E-state index contributed by atoms with van der Waals surface area (Å²) in [7, 11) is 0. The summed E-state index contributed by atoms with van der Waals surface area (Å²) in [5.41, 5.74) is 5.72. The quantitative estimate of drug-likeness (QED) is 0.479. The molecule has 0 aromatic heterocycles. The molecule has 5 heteroatoms. The number of carbonyl (C=O) groups excluding carboxylic acids is 2. The molecule has 0 spiro atoms. The molecule has 0 bridgehead atoms. The molecule has 0 radical (unpaired) electrons. The normalized spacial score (nSPS) is 11.6. The average Bonchev–Trinajstić information content (AvgIpc) is 3.10. The molecule has 1 amide bonds. The second kappa shape index (κ2) is 8.86. The minimum absolute atomic E-state index is 0.0131. The van der Waals surface area contributed by atoms with E-state index in [0.717, 1.165) is 17.4 Å². The van der Waals surface area contributed by atoms with Crippen molar-refractivity contribution in [3.05, 3.63) is 94.0 Å². The minimum Gasteiger partial charge on any atom is -0.449 e. The van der Waals surface area contributed by atoms with Crippen LogP contribution >= 0.6 is 11.6 Å². The van der Waals surface area contributed by atoms with Crippen LogP contribution in [0.2, 0.25) is 5.02 Å². The van der Waals surface area contributed by atoms with E-state index in [0.29, 0.717) is 16.1 Å². The Kier molecular flexibility index (Phi) is 5.83. The third-order valence-electron chi connectivity index (χ3n) is 5.01. The summed E-state index contributed by atoms with van der Waals surface area (Å²) in [5.74, 6) is 5.69. The summed E-state index contributed by atoms with van der Waals surface area (Å²) >= 11 is 6.07. The predicted molar refractivity (Wildman–Crippen MR) is 117 cm³/mol. The molecule has 4 rings (SSSR count). The summed E-state index contributed by atoms with van der Waals surface area (Å²) in [4.78, 5) is 23.0. The number of amides is 1. The number of hydrogen-bond acceptors (Lipinski definition) is 3. The lowest BCUT2D eigenvalue weighted by Gasteiger charge is -2.14. The predicted octanol–water partition coefficient (Wildman–Crippen LogP) is 5.04. The number of hydrogen-bond donors (Lipinski definition) is 1. The van der Waals surface area contributed by atoms with Gasteiger partial charge in [-0.1, -0.05) is 78.0 Å². The minimum atomic E-state index is -0.529. The molecule has 30 heavy (non-hydrogen) atoms. The largest absolute Gasteiger partial charge is 0.449 e. The van der Waals surface area contributed by atoms with Gasteiger partial charge in [0.2, 0.25) is 0 Å². The molecule has 1 N–H and O–H groups in total. The van der Waals surface area contributed by atoms with Gasteiger partial charge in [-0.05, 0) is 34.4 Å². The fourth-order valence-electron chi connectivity index (χ4n) is 3.62. The van der Waals surface area contributed by atoms with Crippen LogP contribution in [0.3, 0.4) is 0 Å². The molecule has 0 atom stereocenters. The Morgan fingerprint density at radius 2 is 1.70 bits per heavy atom. The van der Waals surface area contributed by atoms with E-state index in [-0.39, 0.29) is 19.1 Å². The lowest BCUT2D eigenvalue weighted by Crippen LogP contribution is -2.26. The van der Waals surface area contributed by atoms with Crippen LogP contribution in [0.5, 0.6) is 0 Å². The first kappa shape index (κ1) is 19.8. The number of halogens is 1. The Labute approximate surface area is 179 Å². The SMILES string of the molecule is O=Cc1ccc(Cl)c(C#CCNC(=O)OCC2c3ccccc3-c3ccccc32)c1. The van der Waals surface area contributed by atoms with Gasteiger partial charge in [0.15, 0.2) is 0 Å². The standard InChI is InChI=1S/C25H18ClNO3/c26-24-12-11-17(15-28)14-18(24)6-5-13-27-25(29)30-16-23-21-9-3-1-7-19(21)20-8-2-4-10-22(20)23/h1-4,7-12,14-15,23H,13,16H2,(H,27,29). The third kappa shape index (κ3) is 4.07. The van der Waals surface area contributed by atoms with Crippen LogP contribution in [0, 0.1) is 11.8 Å². The number of fused-ring (bicyclic) bond motifs is 3. The number of aldehydes is 1. The molecule has 3 aromatic rings. The highest BCUT2D eigenvalue weighted by molar-refractivity contribution is 6.31. The molecule has 0 unspecified atom stereocenters. The summed E-state index contributed by atoms with van der Waals surface area (Å²) in [6, 6.07) is 21.2. The van der Waals surface area contributed by atoms with E-state index in [9.17, 15) is 9.59 Å². The number of ether oxygens (including phenoxy) is 1. The van der Waals surface area contributed by atoms with Crippen molar-refractivity contribution in [2.24, 2.45) is 0 Å². The smallest absolute Gasteiger partial charge is 0.407 e. The zero-order valence-corrected chi connectivity index (χ0v) is 16.8. The van der Waals surface area contributed by atoms with E-state index in [4.69, 9.17) is 16.3 Å². The van der Waals surface area contributed by atoms with Crippen LogP contribution < -0.4 is 5.32 Å². The molecular formula is C25H18ClNO3. The number of nitrogens with one attached hydrogen (secondary N) is 1. The van der Waals surface area contributed by atoms with Gasteiger partial charge in [-0.3, -0.25) is 4.79 Å². The number of rotatable bonds is 4. The average molecular weight is 416 g/mol. The molecule has 0 aliphatic heterocycles. The topological polar surface area (TPSA) is 55.4 Å². The maximum absolute atomic E-state index is 12.1. The molecule has 0 fully saturated rings. The van der Waals surface area contributed by atoms with Crippen LogP contribution in [0.4, 0.5) is 4.79 Å². The lowest BCUT2D eigenvalue weighted by molar-refractivity contribution is 0.112. The van der Waals surface area contributed by atoms with Crippen LogP contribution in [0.25, 0.3) is 11.1 Å². The molecule has 0 saturated carbocycles. The first-order valence-electron chi connectivity index (χ1n) is 9.50. The van der Waals surface area contributed by atoms with Gasteiger partial charge >= 0.3 is 6.09 Å². The van der Waals surface area contributed by atoms with E-state index in [1.165, 1.54) is 11.1 Å². The first-order chi connectivity index (χ1) is 14.7. The zero-order valence-electron chi connectivity index (χ0n) is 16.0. The molecule has 148 valence electrons. The van der Waals surface area contributed by atoms with Crippen LogP contribution in [0.1, 0.15) is 33.0 Å². The van der Waals surface area contributed by atoms with Crippen molar-refractivity contribution < 1.29 is 14.3 Å². The van der Waals surface area contributed by atoms with Crippen LogP contribution in [0.15, 0.2) is 66.7 Å². The summed E-state index contributed by atoms with van der Waals surface area (Å²) in [6.07, 6.45) is 0.204. The van der Waals surface area contributed by atoms with Crippen molar-refractivity contribution in [2.45, 2.75) is 5.92 Å². The molecular weight excluding hydrogens is 398 g/mol. The molecule has 0 saturated heterocycles. The van der Waals surface area contributed by atoms with Gasteiger partial charge in [-0.15, -0.1) is 0 Å². The maximum atomic E-state index is 12.1. The fourth-order valence-corrected chi connectivity index (χ4v) is 3.78. The second-order valence-electron chi connectivity index (χ2n) is 6.84. The molecule has 3 aromatic carbocycles. The third-order valence-corrected chi connectivity index (χ3v) is 5.34. The molecule has 4 nitrogen and oxygen atoms in total. The van der Waals surface area contributed by atoms with Crippen LogP contribution in [-0.4, -0.2) is 25.5 Å². The highest BCUT2D eigenvalue weighted by atomic mass is 35.5. The highest BCUT2D eigenvalue weighted by Crippen LogP contribution is 2.44. The molecule has 1 aliphatic rings. The summed E-state index contributed by atoms with van der Waals surface area (Å²) in [5, 5.41) is 3.08. The van der Waals surface area contributed by atoms with Crippen molar-refractivity contribution >= 4 is 24.0 Å². The van der Waals surface area contributed by atoms with E-state index in [2.05, 4.69) is 41.4 Å². The van der Waals surface area contributed by atoms with Gasteiger partial charge in [0.1, 0.15) is 12.9 Å². The van der Waals surface area contributed by atoms with Crippen molar-refractivity contribution in [1.82, 2.24) is 5.32 Å². The van der Waals surface area contributed by atoms with Gasteiger partial charge in [-0.2, -0.15) is 0 Å². The molecule has 1 aliphatic carbocycles. The van der Waals surface area contributed by atoms with E-state index >= 15 is 0 Å².